The van der Waals surface area contributed by atoms with Crippen molar-refractivity contribution < 1.29 is 0 Å². The number of likely N-dealkylation sites (tertiary alicyclic amines) is 1. The Balaban J connectivity index is 1.53. The number of rotatable bonds is 5. The standard InChI is InChI=1S/C19H31ClN6/c1-3-21-19(23-13-15-6-10-25(2)11-7-15)24-16-8-12-26(14-16)18-17(20)5-4-9-22-18/h4-5,9,15-16H,3,6-8,10-14H2,1-2H3,(H2,21,23,24). The first-order chi connectivity index (χ1) is 12.7. The lowest BCUT2D eigenvalue weighted by atomic mass is 9.97. The number of nitrogens with zero attached hydrogens (tertiary/aromatic N) is 4. The van der Waals surface area contributed by atoms with Crippen LogP contribution in [0.4, 0.5) is 5.82 Å². The molecular weight excluding hydrogens is 348 g/mol. The zero-order valence-electron chi connectivity index (χ0n) is 15.9. The molecule has 2 N–H and O–H groups in total. The Morgan fingerprint density at radius 3 is 2.85 bits per heavy atom. The Hall–Kier alpha value is -1.53. The zero-order valence-corrected chi connectivity index (χ0v) is 16.7. The smallest absolute Gasteiger partial charge is 0.191 e. The summed E-state index contributed by atoms with van der Waals surface area (Å²) in [5.74, 6) is 2.52. The fourth-order valence-electron chi connectivity index (χ4n) is 3.66. The molecule has 2 aliphatic rings. The molecule has 1 aromatic heterocycles. The van der Waals surface area contributed by atoms with E-state index in [0.717, 1.165) is 49.4 Å². The number of hydrogen-bond donors (Lipinski definition) is 2. The highest BCUT2D eigenvalue weighted by Crippen LogP contribution is 2.25. The van der Waals surface area contributed by atoms with Gasteiger partial charge in [-0.3, -0.25) is 4.99 Å². The minimum absolute atomic E-state index is 0.364. The largest absolute Gasteiger partial charge is 0.357 e. The van der Waals surface area contributed by atoms with Gasteiger partial charge in [-0.15, -0.1) is 0 Å². The molecule has 0 aromatic carbocycles. The third-order valence-electron chi connectivity index (χ3n) is 5.26. The summed E-state index contributed by atoms with van der Waals surface area (Å²) in [5.41, 5.74) is 0. The first-order valence-corrected chi connectivity index (χ1v) is 10.1. The lowest BCUT2D eigenvalue weighted by Gasteiger charge is -2.28. The van der Waals surface area contributed by atoms with Gasteiger partial charge in [0.05, 0.1) is 5.02 Å². The number of aliphatic imine (C=N–C) groups is 1. The second-order valence-electron chi connectivity index (χ2n) is 7.35. The predicted octanol–water partition coefficient (Wildman–Crippen LogP) is 2.21. The number of guanidine groups is 1. The van der Waals surface area contributed by atoms with E-state index in [1.807, 2.05) is 12.1 Å². The molecule has 0 radical (unpaired) electrons. The van der Waals surface area contributed by atoms with E-state index in [9.17, 15) is 0 Å². The SMILES string of the molecule is CCNC(=NCC1CCN(C)CC1)NC1CCN(c2ncccc2Cl)C1. The van der Waals surface area contributed by atoms with Gasteiger partial charge in [0, 0.05) is 38.4 Å². The van der Waals surface area contributed by atoms with E-state index in [1.165, 1.54) is 25.9 Å². The van der Waals surface area contributed by atoms with Crippen LogP contribution in [-0.4, -0.2) is 68.2 Å². The highest BCUT2D eigenvalue weighted by Gasteiger charge is 2.25. The van der Waals surface area contributed by atoms with Crippen molar-refractivity contribution in [2.45, 2.75) is 32.2 Å². The maximum Gasteiger partial charge on any atom is 0.191 e. The number of aromatic nitrogens is 1. The summed E-state index contributed by atoms with van der Waals surface area (Å²) in [6.45, 7) is 8.13. The normalized spacial score (nSPS) is 22.7. The van der Waals surface area contributed by atoms with Crippen molar-refractivity contribution in [3.63, 3.8) is 0 Å². The molecule has 2 fully saturated rings. The van der Waals surface area contributed by atoms with Gasteiger partial charge in [0.2, 0.25) is 0 Å². The van der Waals surface area contributed by atoms with Crippen molar-refractivity contribution in [1.82, 2.24) is 20.5 Å². The maximum absolute atomic E-state index is 6.29. The molecule has 7 heteroatoms. The van der Waals surface area contributed by atoms with E-state index in [0.29, 0.717) is 12.0 Å². The lowest BCUT2D eigenvalue weighted by molar-refractivity contribution is 0.223. The zero-order chi connectivity index (χ0) is 18.4. The molecule has 0 spiro atoms. The van der Waals surface area contributed by atoms with Gasteiger partial charge in [-0.05, 0) is 64.4 Å². The maximum atomic E-state index is 6.29. The van der Waals surface area contributed by atoms with E-state index >= 15 is 0 Å². The van der Waals surface area contributed by atoms with Crippen LogP contribution in [0.3, 0.4) is 0 Å². The van der Waals surface area contributed by atoms with Crippen LogP contribution >= 0.6 is 11.6 Å². The van der Waals surface area contributed by atoms with Gasteiger partial charge in [0.15, 0.2) is 5.96 Å². The molecular formula is C19H31ClN6. The molecule has 1 aromatic rings. The fourth-order valence-corrected chi connectivity index (χ4v) is 3.90. The Morgan fingerprint density at radius 2 is 2.12 bits per heavy atom. The quantitative estimate of drug-likeness (QED) is 0.607. The molecule has 3 rings (SSSR count). The van der Waals surface area contributed by atoms with Gasteiger partial charge < -0.3 is 20.4 Å². The topological polar surface area (TPSA) is 55.8 Å². The third kappa shape index (κ3) is 5.24. The van der Waals surface area contributed by atoms with Gasteiger partial charge in [-0.1, -0.05) is 11.6 Å². The number of pyridine rings is 1. The molecule has 0 aliphatic carbocycles. The number of piperidine rings is 1. The molecule has 0 saturated carbocycles. The van der Waals surface area contributed by atoms with Crippen molar-refractivity contribution in [2.75, 3.05) is 51.2 Å². The summed E-state index contributed by atoms with van der Waals surface area (Å²) < 4.78 is 0. The number of anilines is 1. The Morgan fingerprint density at radius 1 is 1.31 bits per heavy atom. The van der Waals surface area contributed by atoms with E-state index in [4.69, 9.17) is 16.6 Å². The lowest BCUT2D eigenvalue weighted by Crippen LogP contribution is -2.45. The van der Waals surface area contributed by atoms with Crippen molar-refractivity contribution in [3.05, 3.63) is 23.4 Å². The third-order valence-corrected chi connectivity index (χ3v) is 5.55. The highest BCUT2D eigenvalue weighted by molar-refractivity contribution is 6.32. The van der Waals surface area contributed by atoms with Crippen molar-refractivity contribution in [2.24, 2.45) is 10.9 Å². The van der Waals surface area contributed by atoms with Gasteiger partial charge in [0.1, 0.15) is 5.82 Å². The molecule has 3 heterocycles. The second kappa shape index (κ2) is 9.42. The average Bonchev–Trinajstić information content (AvgIpc) is 3.10. The van der Waals surface area contributed by atoms with Crippen LogP contribution in [0.15, 0.2) is 23.3 Å². The average molecular weight is 379 g/mol. The predicted molar refractivity (Wildman–Crippen MR) is 109 cm³/mol. The van der Waals surface area contributed by atoms with Crippen LogP contribution in [0.2, 0.25) is 5.02 Å². The molecule has 144 valence electrons. The van der Waals surface area contributed by atoms with Gasteiger partial charge >= 0.3 is 0 Å². The summed E-state index contributed by atoms with van der Waals surface area (Å²) >= 11 is 6.29. The van der Waals surface area contributed by atoms with E-state index in [1.54, 1.807) is 6.20 Å². The highest BCUT2D eigenvalue weighted by atomic mass is 35.5. The molecule has 1 atom stereocenters. The molecule has 2 saturated heterocycles. The molecule has 26 heavy (non-hydrogen) atoms. The summed E-state index contributed by atoms with van der Waals surface area (Å²) in [5, 5.41) is 7.71. The second-order valence-corrected chi connectivity index (χ2v) is 7.76. The number of halogens is 1. The van der Waals surface area contributed by atoms with Crippen LogP contribution in [0.25, 0.3) is 0 Å². The first-order valence-electron chi connectivity index (χ1n) is 9.74. The minimum Gasteiger partial charge on any atom is -0.357 e. The summed E-state index contributed by atoms with van der Waals surface area (Å²) in [4.78, 5) is 13.9. The number of nitrogens with one attached hydrogen (secondary N) is 2. The van der Waals surface area contributed by atoms with Crippen molar-refractivity contribution >= 4 is 23.4 Å². The van der Waals surface area contributed by atoms with Gasteiger partial charge in [-0.25, -0.2) is 4.98 Å². The molecule has 2 aliphatic heterocycles. The summed E-state index contributed by atoms with van der Waals surface area (Å²) in [7, 11) is 2.20. The van der Waals surface area contributed by atoms with Crippen molar-refractivity contribution in [3.8, 4) is 0 Å². The van der Waals surface area contributed by atoms with E-state index < -0.39 is 0 Å². The van der Waals surface area contributed by atoms with Crippen molar-refractivity contribution in [1.29, 1.82) is 0 Å². The molecule has 1 unspecified atom stereocenters. The Bertz CT molecular complexity index is 599. The molecule has 6 nitrogen and oxygen atoms in total. The molecule has 0 amide bonds. The van der Waals surface area contributed by atoms with Crippen LogP contribution in [0, 0.1) is 5.92 Å². The van der Waals surface area contributed by atoms with Crippen LogP contribution in [-0.2, 0) is 0 Å². The molecule has 0 bridgehead atoms. The van der Waals surface area contributed by atoms with Gasteiger partial charge in [0.25, 0.3) is 0 Å². The fraction of sp³-hybridized carbons (Fsp3) is 0.684. The van der Waals surface area contributed by atoms with Crippen LogP contribution in [0.1, 0.15) is 26.2 Å². The Kier molecular flexibility index (Phi) is 6.97. The van der Waals surface area contributed by atoms with Crippen LogP contribution in [0.5, 0.6) is 0 Å². The first kappa shape index (κ1) is 19.2. The number of hydrogen-bond acceptors (Lipinski definition) is 4. The van der Waals surface area contributed by atoms with E-state index in [-0.39, 0.29) is 0 Å². The summed E-state index contributed by atoms with van der Waals surface area (Å²) in [6.07, 6.45) is 5.35. The van der Waals surface area contributed by atoms with E-state index in [2.05, 4.69) is 39.4 Å². The van der Waals surface area contributed by atoms with Gasteiger partial charge in [-0.2, -0.15) is 0 Å². The monoisotopic (exact) mass is 378 g/mol. The Labute approximate surface area is 162 Å². The minimum atomic E-state index is 0.364. The van der Waals surface area contributed by atoms with Crippen LogP contribution < -0.4 is 15.5 Å². The summed E-state index contributed by atoms with van der Waals surface area (Å²) in [6, 6.07) is 4.14.